The van der Waals surface area contributed by atoms with Crippen molar-refractivity contribution in [2.24, 2.45) is 0 Å². The van der Waals surface area contributed by atoms with Crippen molar-refractivity contribution in [3.63, 3.8) is 0 Å². The van der Waals surface area contributed by atoms with Crippen molar-refractivity contribution in [3.05, 3.63) is 70.2 Å². The minimum Gasteiger partial charge on any atom is -0.309 e. The summed E-state index contributed by atoms with van der Waals surface area (Å²) >= 11 is 3.50. The van der Waals surface area contributed by atoms with Crippen LogP contribution in [-0.4, -0.2) is 7.05 Å². The van der Waals surface area contributed by atoms with Gasteiger partial charge in [0.2, 0.25) is 0 Å². The maximum Gasteiger partial charge on any atom is 0.0574 e. The highest BCUT2D eigenvalue weighted by molar-refractivity contribution is 9.10. The van der Waals surface area contributed by atoms with Crippen molar-refractivity contribution >= 4 is 15.9 Å². The summed E-state index contributed by atoms with van der Waals surface area (Å²) in [5.41, 5.74) is 2.55. The van der Waals surface area contributed by atoms with Crippen LogP contribution in [0.4, 0.5) is 0 Å². The van der Waals surface area contributed by atoms with E-state index in [-0.39, 0.29) is 6.04 Å². The van der Waals surface area contributed by atoms with E-state index in [9.17, 15) is 0 Å². The SMILES string of the molecule is CNC(c1ccccc1)c1cccc(Br)c1. The average Bonchev–Trinajstić information content (AvgIpc) is 2.31. The van der Waals surface area contributed by atoms with Crippen LogP contribution < -0.4 is 5.32 Å². The molecule has 1 atom stereocenters. The fourth-order valence-corrected chi connectivity index (χ4v) is 2.27. The Bertz CT molecular complexity index is 453. The van der Waals surface area contributed by atoms with Gasteiger partial charge < -0.3 is 5.32 Å². The van der Waals surface area contributed by atoms with Crippen LogP contribution in [0.25, 0.3) is 0 Å². The van der Waals surface area contributed by atoms with Gasteiger partial charge in [-0.3, -0.25) is 0 Å². The molecule has 2 heteroatoms. The Kier molecular flexibility index (Phi) is 3.75. The second-order valence-corrected chi connectivity index (χ2v) is 4.60. The van der Waals surface area contributed by atoms with Crippen LogP contribution in [0.5, 0.6) is 0 Å². The second kappa shape index (κ2) is 5.28. The molecule has 1 unspecified atom stereocenters. The van der Waals surface area contributed by atoms with Crippen LogP contribution in [0.3, 0.4) is 0 Å². The molecular formula is C14H14BrN. The minimum absolute atomic E-state index is 0.249. The molecule has 2 rings (SSSR count). The zero-order valence-corrected chi connectivity index (χ0v) is 10.7. The monoisotopic (exact) mass is 275 g/mol. The maximum atomic E-state index is 3.50. The average molecular weight is 276 g/mol. The molecule has 0 fully saturated rings. The quantitative estimate of drug-likeness (QED) is 0.900. The van der Waals surface area contributed by atoms with Crippen LogP contribution in [-0.2, 0) is 0 Å². The third kappa shape index (κ3) is 2.52. The van der Waals surface area contributed by atoms with Gasteiger partial charge in [-0.15, -0.1) is 0 Å². The number of rotatable bonds is 3. The van der Waals surface area contributed by atoms with E-state index in [2.05, 4.69) is 63.7 Å². The van der Waals surface area contributed by atoms with Crippen molar-refractivity contribution in [2.75, 3.05) is 7.05 Å². The molecule has 0 spiro atoms. The molecule has 16 heavy (non-hydrogen) atoms. The molecule has 0 aliphatic heterocycles. The summed E-state index contributed by atoms with van der Waals surface area (Å²) < 4.78 is 1.11. The number of hydrogen-bond donors (Lipinski definition) is 1. The van der Waals surface area contributed by atoms with E-state index in [4.69, 9.17) is 0 Å². The maximum absolute atomic E-state index is 3.50. The predicted octanol–water partition coefficient (Wildman–Crippen LogP) is 3.76. The summed E-state index contributed by atoms with van der Waals surface area (Å²) in [6, 6.07) is 19.1. The van der Waals surface area contributed by atoms with Gasteiger partial charge in [0.25, 0.3) is 0 Å². The summed E-state index contributed by atoms with van der Waals surface area (Å²) in [6.45, 7) is 0. The second-order valence-electron chi connectivity index (χ2n) is 3.69. The van der Waals surface area contributed by atoms with Crippen molar-refractivity contribution in [1.82, 2.24) is 5.32 Å². The Morgan fingerprint density at radius 2 is 1.62 bits per heavy atom. The van der Waals surface area contributed by atoms with Gasteiger partial charge in [0, 0.05) is 4.47 Å². The molecule has 0 aromatic heterocycles. The molecule has 0 aliphatic rings. The fraction of sp³-hybridized carbons (Fsp3) is 0.143. The first-order valence-electron chi connectivity index (χ1n) is 5.29. The number of hydrogen-bond acceptors (Lipinski definition) is 1. The standard InChI is InChI=1S/C14H14BrN/c1-16-14(11-6-3-2-4-7-11)12-8-5-9-13(15)10-12/h2-10,14,16H,1H3. The molecule has 0 bridgehead atoms. The van der Waals surface area contributed by atoms with Gasteiger partial charge in [-0.1, -0.05) is 58.4 Å². The van der Waals surface area contributed by atoms with Gasteiger partial charge in [0.15, 0.2) is 0 Å². The minimum atomic E-state index is 0.249. The molecule has 1 nitrogen and oxygen atoms in total. The van der Waals surface area contributed by atoms with Crippen molar-refractivity contribution in [3.8, 4) is 0 Å². The van der Waals surface area contributed by atoms with Crippen molar-refractivity contribution < 1.29 is 0 Å². The Morgan fingerprint density at radius 1 is 0.938 bits per heavy atom. The van der Waals surface area contributed by atoms with Crippen LogP contribution in [0.15, 0.2) is 59.1 Å². The highest BCUT2D eigenvalue weighted by Crippen LogP contribution is 2.23. The van der Waals surface area contributed by atoms with Gasteiger partial charge in [0.1, 0.15) is 0 Å². The zero-order valence-electron chi connectivity index (χ0n) is 9.15. The van der Waals surface area contributed by atoms with Gasteiger partial charge in [-0.25, -0.2) is 0 Å². The van der Waals surface area contributed by atoms with E-state index in [1.807, 2.05) is 19.2 Å². The van der Waals surface area contributed by atoms with Gasteiger partial charge >= 0.3 is 0 Å². The highest BCUT2D eigenvalue weighted by Gasteiger charge is 2.10. The van der Waals surface area contributed by atoms with E-state index >= 15 is 0 Å². The first-order chi connectivity index (χ1) is 7.81. The molecular weight excluding hydrogens is 262 g/mol. The van der Waals surface area contributed by atoms with Crippen LogP contribution in [0, 0.1) is 0 Å². The summed E-state index contributed by atoms with van der Waals surface area (Å²) in [7, 11) is 1.98. The first-order valence-corrected chi connectivity index (χ1v) is 6.08. The summed E-state index contributed by atoms with van der Waals surface area (Å²) in [6.07, 6.45) is 0. The molecule has 0 amide bonds. The van der Waals surface area contributed by atoms with Crippen LogP contribution >= 0.6 is 15.9 Å². The van der Waals surface area contributed by atoms with E-state index in [0.717, 1.165) is 4.47 Å². The Hall–Kier alpha value is -1.12. The smallest absolute Gasteiger partial charge is 0.0574 e. The number of halogens is 1. The lowest BCUT2D eigenvalue weighted by molar-refractivity contribution is 0.691. The summed E-state index contributed by atoms with van der Waals surface area (Å²) in [5, 5.41) is 3.34. The summed E-state index contributed by atoms with van der Waals surface area (Å²) in [5.74, 6) is 0. The molecule has 0 aliphatic carbocycles. The zero-order chi connectivity index (χ0) is 11.4. The fourth-order valence-electron chi connectivity index (χ4n) is 1.86. The molecule has 0 saturated carbocycles. The van der Waals surface area contributed by atoms with Gasteiger partial charge in [-0.05, 0) is 30.3 Å². The lowest BCUT2D eigenvalue weighted by Crippen LogP contribution is -2.17. The third-order valence-corrected chi connectivity index (χ3v) is 3.10. The van der Waals surface area contributed by atoms with Crippen molar-refractivity contribution in [1.29, 1.82) is 0 Å². The number of benzene rings is 2. The molecule has 0 heterocycles. The lowest BCUT2D eigenvalue weighted by atomic mass is 9.99. The normalized spacial score (nSPS) is 12.4. The lowest BCUT2D eigenvalue weighted by Gasteiger charge is -2.17. The van der Waals surface area contributed by atoms with Crippen LogP contribution in [0.1, 0.15) is 17.2 Å². The Labute approximate surface area is 105 Å². The van der Waals surface area contributed by atoms with Crippen LogP contribution in [0.2, 0.25) is 0 Å². The van der Waals surface area contributed by atoms with E-state index in [0.29, 0.717) is 0 Å². The summed E-state index contributed by atoms with van der Waals surface area (Å²) in [4.78, 5) is 0. The Balaban J connectivity index is 2.37. The predicted molar refractivity (Wildman–Crippen MR) is 71.5 cm³/mol. The van der Waals surface area contributed by atoms with E-state index in [1.54, 1.807) is 0 Å². The molecule has 1 N–H and O–H groups in total. The molecule has 82 valence electrons. The largest absolute Gasteiger partial charge is 0.309 e. The van der Waals surface area contributed by atoms with E-state index < -0.39 is 0 Å². The molecule has 2 aromatic rings. The molecule has 0 saturated heterocycles. The Morgan fingerprint density at radius 3 is 2.25 bits per heavy atom. The van der Waals surface area contributed by atoms with Gasteiger partial charge in [-0.2, -0.15) is 0 Å². The first kappa shape index (κ1) is 11.4. The topological polar surface area (TPSA) is 12.0 Å². The molecule has 0 radical (unpaired) electrons. The van der Waals surface area contributed by atoms with Gasteiger partial charge in [0.05, 0.1) is 6.04 Å². The highest BCUT2D eigenvalue weighted by atomic mass is 79.9. The third-order valence-electron chi connectivity index (χ3n) is 2.60. The van der Waals surface area contributed by atoms with E-state index in [1.165, 1.54) is 11.1 Å². The molecule has 2 aromatic carbocycles. The van der Waals surface area contributed by atoms with Crippen molar-refractivity contribution in [2.45, 2.75) is 6.04 Å². The number of nitrogens with one attached hydrogen (secondary N) is 1.